The third kappa shape index (κ3) is 2.43. The van der Waals surface area contributed by atoms with Crippen LogP contribution in [0.1, 0.15) is 17.8 Å². The fourth-order valence-corrected chi connectivity index (χ4v) is 3.32. The maximum absolute atomic E-state index is 13.5. The lowest BCUT2D eigenvalue weighted by Crippen LogP contribution is -1.95. The van der Waals surface area contributed by atoms with Crippen molar-refractivity contribution in [3.8, 4) is 22.5 Å². The summed E-state index contributed by atoms with van der Waals surface area (Å²) in [6.07, 6.45) is 2.04. The van der Waals surface area contributed by atoms with Gasteiger partial charge in [-0.15, -0.1) is 0 Å². The summed E-state index contributed by atoms with van der Waals surface area (Å²) in [5, 5.41) is 4.88. The number of hydrogen-bond donors (Lipinski definition) is 0. The number of aromatic nitrogens is 3. The van der Waals surface area contributed by atoms with Crippen molar-refractivity contribution < 1.29 is 4.39 Å². The summed E-state index contributed by atoms with van der Waals surface area (Å²) in [6.45, 7) is 2.87. The molecule has 0 N–H and O–H groups in total. The van der Waals surface area contributed by atoms with Crippen molar-refractivity contribution in [1.29, 1.82) is 0 Å². The smallest absolute Gasteiger partial charge is 0.141 e. The predicted molar refractivity (Wildman–Crippen MR) is 88.9 cm³/mol. The molecule has 2 aromatic heterocycles. The van der Waals surface area contributed by atoms with Gasteiger partial charge in [0.2, 0.25) is 0 Å². The van der Waals surface area contributed by atoms with Gasteiger partial charge in [0.05, 0.1) is 10.7 Å². The van der Waals surface area contributed by atoms with E-state index in [1.54, 1.807) is 12.1 Å². The molecule has 0 bridgehead atoms. The summed E-state index contributed by atoms with van der Waals surface area (Å²) in [5.41, 5.74) is 5.69. The number of fused-ring (bicyclic) bond motifs is 1. The molecule has 0 fully saturated rings. The molecule has 0 saturated heterocycles. The van der Waals surface area contributed by atoms with Crippen molar-refractivity contribution in [3.63, 3.8) is 0 Å². The van der Waals surface area contributed by atoms with Crippen LogP contribution in [0, 0.1) is 12.7 Å². The Labute approximate surface area is 138 Å². The van der Waals surface area contributed by atoms with Crippen molar-refractivity contribution in [3.05, 3.63) is 58.6 Å². The molecule has 0 amide bonds. The molecule has 0 atom stereocenters. The second-order valence-corrected chi connectivity index (χ2v) is 6.20. The lowest BCUT2D eigenvalue weighted by atomic mass is 9.99. The van der Waals surface area contributed by atoms with Crippen molar-refractivity contribution in [2.24, 2.45) is 0 Å². The van der Waals surface area contributed by atoms with E-state index in [-0.39, 0.29) is 5.02 Å². The van der Waals surface area contributed by atoms with Crippen LogP contribution in [0.4, 0.5) is 4.39 Å². The SMILES string of the molecule is Cc1cccc(-c2nn3c(c2-c2ccc(F)c(Cl)c2)CCC3)n1. The second-order valence-electron chi connectivity index (χ2n) is 5.79. The van der Waals surface area contributed by atoms with E-state index in [9.17, 15) is 4.39 Å². The minimum Gasteiger partial charge on any atom is -0.268 e. The lowest BCUT2D eigenvalue weighted by Gasteiger charge is -2.07. The summed E-state index contributed by atoms with van der Waals surface area (Å²) < 4.78 is 15.6. The highest BCUT2D eigenvalue weighted by atomic mass is 35.5. The van der Waals surface area contributed by atoms with Crippen LogP contribution in [0.2, 0.25) is 5.02 Å². The highest BCUT2D eigenvalue weighted by Crippen LogP contribution is 2.38. The van der Waals surface area contributed by atoms with E-state index in [1.165, 1.54) is 11.8 Å². The molecule has 4 rings (SSSR count). The number of nitrogens with zero attached hydrogens (tertiary/aromatic N) is 3. The van der Waals surface area contributed by atoms with Crippen LogP contribution in [0.3, 0.4) is 0 Å². The normalized spacial score (nSPS) is 13.3. The van der Waals surface area contributed by atoms with E-state index in [2.05, 4.69) is 4.98 Å². The number of pyridine rings is 1. The fourth-order valence-electron chi connectivity index (χ4n) is 3.14. The number of benzene rings is 1. The molecule has 23 heavy (non-hydrogen) atoms. The number of rotatable bonds is 2. The molecular formula is C18H15ClFN3. The van der Waals surface area contributed by atoms with Gasteiger partial charge in [-0.05, 0) is 49.6 Å². The molecule has 116 valence electrons. The van der Waals surface area contributed by atoms with Gasteiger partial charge in [0.1, 0.15) is 11.5 Å². The molecule has 3 aromatic rings. The zero-order valence-corrected chi connectivity index (χ0v) is 13.4. The van der Waals surface area contributed by atoms with Gasteiger partial charge in [-0.3, -0.25) is 9.67 Å². The molecule has 0 aliphatic carbocycles. The van der Waals surface area contributed by atoms with E-state index in [0.717, 1.165) is 47.6 Å². The molecule has 0 saturated carbocycles. The molecule has 1 aromatic carbocycles. The first-order valence-corrected chi connectivity index (χ1v) is 8.00. The monoisotopic (exact) mass is 327 g/mol. The van der Waals surface area contributed by atoms with Crippen molar-refractivity contribution in [2.45, 2.75) is 26.3 Å². The van der Waals surface area contributed by atoms with E-state index in [4.69, 9.17) is 16.7 Å². The zero-order valence-electron chi connectivity index (χ0n) is 12.7. The average Bonchev–Trinajstić information content (AvgIpc) is 3.10. The van der Waals surface area contributed by atoms with Crippen molar-refractivity contribution >= 4 is 11.6 Å². The highest BCUT2D eigenvalue weighted by Gasteiger charge is 2.24. The van der Waals surface area contributed by atoms with Crippen molar-refractivity contribution in [2.75, 3.05) is 0 Å². The zero-order chi connectivity index (χ0) is 16.0. The Bertz CT molecular complexity index is 901. The van der Waals surface area contributed by atoms with Crippen LogP contribution in [0.5, 0.6) is 0 Å². The maximum atomic E-state index is 13.5. The minimum atomic E-state index is -0.408. The topological polar surface area (TPSA) is 30.7 Å². The Morgan fingerprint density at radius 2 is 2.09 bits per heavy atom. The van der Waals surface area contributed by atoms with Gasteiger partial charge in [0.25, 0.3) is 0 Å². The summed E-state index contributed by atoms with van der Waals surface area (Å²) >= 11 is 5.99. The molecule has 1 aliphatic rings. The number of aryl methyl sites for hydroxylation is 2. The standard InChI is InChI=1S/C18H15ClFN3/c1-11-4-2-5-15(21-11)18-17(16-6-3-9-23(16)22-18)12-7-8-14(20)13(19)10-12/h2,4-5,7-8,10H,3,6,9H2,1H3. The molecule has 0 spiro atoms. The van der Waals surface area contributed by atoms with Gasteiger partial charge in [-0.1, -0.05) is 23.7 Å². The Morgan fingerprint density at radius 3 is 2.87 bits per heavy atom. The molecule has 0 unspecified atom stereocenters. The largest absolute Gasteiger partial charge is 0.268 e. The van der Waals surface area contributed by atoms with Crippen molar-refractivity contribution in [1.82, 2.24) is 14.8 Å². The molecule has 3 heterocycles. The molecule has 0 radical (unpaired) electrons. The van der Waals surface area contributed by atoms with Crippen LogP contribution < -0.4 is 0 Å². The average molecular weight is 328 g/mol. The molecule has 3 nitrogen and oxygen atoms in total. The summed E-state index contributed by atoms with van der Waals surface area (Å²) in [5.74, 6) is -0.408. The van der Waals surface area contributed by atoms with E-state index < -0.39 is 5.82 Å². The Kier molecular flexibility index (Phi) is 3.42. The number of hydrogen-bond acceptors (Lipinski definition) is 2. The minimum absolute atomic E-state index is 0.128. The van der Waals surface area contributed by atoms with Gasteiger partial charge >= 0.3 is 0 Å². The van der Waals surface area contributed by atoms with Gasteiger partial charge in [0.15, 0.2) is 0 Å². The van der Waals surface area contributed by atoms with E-state index in [1.807, 2.05) is 29.8 Å². The van der Waals surface area contributed by atoms with Crippen LogP contribution in [-0.4, -0.2) is 14.8 Å². The second kappa shape index (κ2) is 5.46. The van der Waals surface area contributed by atoms with Gasteiger partial charge in [-0.2, -0.15) is 5.10 Å². The van der Waals surface area contributed by atoms with Crippen LogP contribution in [0.15, 0.2) is 36.4 Å². The quantitative estimate of drug-likeness (QED) is 0.685. The van der Waals surface area contributed by atoms with Crippen LogP contribution in [-0.2, 0) is 13.0 Å². The molecule has 5 heteroatoms. The van der Waals surface area contributed by atoms with E-state index in [0.29, 0.717) is 0 Å². The van der Waals surface area contributed by atoms with Gasteiger partial charge in [0, 0.05) is 23.5 Å². The Balaban J connectivity index is 1.96. The van der Waals surface area contributed by atoms with Crippen LogP contribution >= 0.6 is 11.6 Å². The highest BCUT2D eigenvalue weighted by molar-refractivity contribution is 6.31. The van der Waals surface area contributed by atoms with Gasteiger partial charge < -0.3 is 0 Å². The number of halogens is 2. The fraction of sp³-hybridized carbons (Fsp3) is 0.222. The maximum Gasteiger partial charge on any atom is 0.141 e. The van der Waals surface area contributed by atoms with Crippen LogP contribution in [0.25, 0.3) is 22.5 Å². The third-order valence-corrected chi connectivity index (χ3v) is 4.47. The lowest BCUT2D eigenvalue weighted by molar-refractivity contribution is 0.628. The summed E-state index contributed by atoms with van der Waals surface area (Å²) in [4.78, 5) is 4.60. The predicted octanol–water partition coefficient (Wildman–Crippen LogP) is 4.66. The third-order valence-electron chi connectivity index (χ3n) is 4.18. The first kappa shape index (κ1) is 14.4. The summed E-state index contributed by atoms with van der Waals surface area (Å²) in [6, 6.07) is 10.7. The van der Waals surface area contributed by atoms with E-state index >= 15 is 0 Å². The summed E-state index contributed by atoms with van der Waals surface area (Å²) in [7, 11) is 0. The molecule has 1 aliphatic heterocycles. The first-order chi connectivity index (χ1) is 11.1. The Morgan fingerprint density at radius 1 is 1.22 bits per heavy atom. The first-order valence-electron chi connectivity index (χ1n) is 7.62. The van der Waals surface area contributed by atoms with Gasteiger partial charge in [-0.25, -0.2) is 4.39 Å². The Hall–Kier alpha value is -2.20. The molecular weight excluding hydrogens is 313 g/mol.